The highest BCUT2D eigenvalue weighted by molar-refractivity contribution is 5.95. The molecule has 1 aromatic heterocycles. The highest BCUT2D eigenvalue weighted by atomic mass is 16.5. The average Bonchev–Trinajstić information content (AvgIpc) is 2.73. The molecule has 0 radical (unpaired) electrons. The second-order valence-electron chi connectivity index (χ2n) is 6.66. The lowest BCUT2D eigenvalue weighted by Crippen LogP contribution is -2.56. The van der Waals surface area contributed by atoms with Crippen LogP contribution in [0.4, 0.5) is 16.3 Å². The quantitative estimate of drug-likeness (QED) is 0.768. The first kappa shape index (κ1) is 17.1. The topological polar surface area (TPSA) is 85.6 Å². The first-order chi connectivity index (χ1) is 13.2. The predicted octanol–water partition coefficient (Wildman–Crippen LogP) is 1.88. The van der Waals surface area contributed by atoms with Crippen LogP contribution in [0.1, 0.15) is 12.5 Å². The molecule has 1 unspecified atom stereocenters. The molecule has 2 aliphatic heterocycles. The molecule has 2 aromatic rings. The van der Waals surface area contributed by atoms with Gasteiger partial charge in [0, 0.05) is 38.4 Å². The highest BCUT2D eigenvalue weighted by Crippen LogP contribution is 2.35. The Balaban J connectivity index is 1.50. The summed E-state index contributed by atoms with van der Waals surface area (Å²) < 4.78 is 5.73. The van der Waals surface area contributed by atoms with Crippen LogP contribution in [0.25, 0.3) is 0 Å². The number of aromatic nitrogens is 2. The van der Waals surface area contributed by atoms with Gasteiger partial charge < -0.3 is 14.5 Å². The van der Waals surface area contributed by atoms with Crippen molar-refractivity contribution < 1.29 is 9.53 Å². The van der Waals surface area contributed by atoms with E-state index >= 15 is 0 Å². The summed E-state index contributed by atoms with van der Waals surface area (Å²) in [6.45, 7) is 5.03. The van der Waals surface area contributed by atoms with E-state index in [9.17, 15) is 4.79 Å². The third-order valence-corrected chi connectivity index (χ3v) is 4.91. The number of carbonyl (C=O) groups excluding carboxylic acids is 1. The Morgan fingerprint density at radius 1 is 1.26 bits per heavy atom. The molecule has 3 heterocycles. The second-order valence-corrected chi connectivity index (χ2v) is 6.66. The molecule has 0 N–H and O–H groups in total. The summed E-state index contributed by atoms with van der Waals surface area (Å²) in [5.74, 6) is 1.41. The van der Waals surface area contributed by atoms with Crippen LogP contribution in [-0.4, -0.2) is 60.0 Å². The molecule has 1 saturated heterocycles. The maximum Gasteiger partial charge on any atom is 0.325 e. The Kier molecular flexibility index (Phi) is 4.50. The number of hydrogen-bond donors (Lipinski definition) is 0. The van der Waals surface area contributed by atoms with Gasteiger partial charge in [0.1, 0.15) is 12.4 Å². The van der Waals surface area contributed by atoms with Crippen LogP contribution in [-0.2, 0) is 0 Å². The van der Waals surface area contributed by atoms with E-state index < -0.39 is 0 Å². The third-order valence-electron chi connectivity index (χ3n) is 4.91. The number of carbonyl (C=O) groups is 1. The lowest BCUT2D eigenvalue weighted by atomic mass is 10.1. The van der Waals surface area contributed by atoms with Crippen molar-refractivity contribution >= 4 is 17.5 Å². The molecule has 138 valence electrons. The van der Waals surface area contributed by atoms with Crippen molar-refractivity contribution in [3.8, 4) is 11.8 Å². The fraction of sp³-hybridized carbons (Fsp3) is 0.368. The molecule has 2 amide bonds. The van der Waals surface area contributed by atoms with E-state index in [-0.39, 0.29) is 12.1 Å². The van der Waals surface area contributed by atoms with E-state index in [4.69, 9.17) is 10.00 Å². The number of amides is 2. The molecule has 1 aromatic carbocycles. The molecule has 4 rings (SSSR count). The molecule has 0 bridgehead atoms. The van der Waals surface area contributed by atoms with Crippen LogP contribution in [0.5, 0.6) is 5.75 Å². The molecule has 8 heteroatoms. The molecule has 0 saturated carbocycles. The van der Waals surface area contributed by atoms with Crippen LogP contribution >= 0.6 is 0 Å². The van der Waals surface area contributed by atoms with Gasteiger partial charge in [-0.2, -0.15) is 10.4 Å². The summed E-state index contributed by atoms with van der Waals surface area (Å²) in [6.07, 6.45) is 1.65. The van der Waals surface area contributed by atoms with Crippen molar-refractivity contribution in [1.29, 1.82) is 5.26 Å². The highest BCUT2D eigenvalue weighted by Gasteiger charge is 2.34. The summed E-state index contributed by atoms with van der Waals surface area (Å²) >= 11 is 0. The van der Waals surface area contributed by atoms with Gasteiger partial charge in [0.15, 0.2) is 5.82 Å². The minimum Gasteiger partial charge on any atom is -0.489 e. The van der Waals surface area contributed by atoms with Gasteiger partial charge in [-0.25, -0.2) is 4.79 Å². The van der Waals surface area contributed by atoms with Gasteiger partial charge in [-0.3, -0.25) is 4.90 Å². The molecule has 2 aliphatic rings. The number of nitriles is 1. The van der Waals surface area contributed by atoms with Crippen molar-refractivity contribution in [3.05, 3.63) is 42.1 Å². The van der Waals surface area contributed by atoms with Crippen LogP contribution in [0.15, 0.2) is 36.5 Å². The number of anilines is 2. The van der Waals surface area contributed by atoms with Gasteiger partial charge >= 0.3 is 6.03 Å². The first-order valence-electron chi connectivity index (χ1n) is 8.95. The van der Waals surface area contributed by atoms with Crippen LogP contribution in [0, 0.1) is 11.3 Å². The van der Waals surface area contributed by atoms with E-state index in [1.54, 1.807) is 29.3 Å². The number of piperazine rings is 1. The van der Waals surface area contributed by atoms with Gasteiger partial charge in [-0.1, -0.05) is 0 Å². The normalized spacial score (nSPS) is 19.1. The van der Waals surface area contributed by atoms with Gasteiger partial charge in [0.05, 0.1) is 23.4 Å². The standard InChI is InChI=1S/C19H20N6O2/c1-14-13-27-17-11-15(12-20)4-5-16(17)25(14)19(26)24-9-7-23(8-10-24)18-3-2-6-21-22-18/h2-6,11,14H,7-10,13H2,1H3. The Hall–Kier alpha value is -3.34. The maximum absolute atomic E-state index is 13.2. The minimum absolute atomic E-state index is 0.0319. The number of rotatable bonds is 1. The van der Waals surface area contributed by atoms with Crippen molar-refractivity contribution in [2.45, 2.75) is 13.0 Å². The molecule has 0 aliphatic carbocycles. The molecule has 0 spiro atoms. The van der Waals surface area contributed by atoms with Crippen molar-refractivity contribution in [3.63, 3.8) is 0 Å². The summed E-state index contributed by atoms with van der Waals surface area (Å²) in [7, 11) is 0. The van der Waals surface area contributed by atoms with Crippen LogP contribution < -0.4 is 14.5 Å². The number of urea groups is 1. The number of ether oxygens (including phenoxy) is 1. The van der Waals surface area contributed by atoms with Gasteiger partial charge in [-0.05, 0) is 31.2 Å². The lowest BCUT2D eigenvalue weighted by Gasteiger charge is -2.41. The summed E-state index contributed by atoms with van der Waals surface area (Å²) in [4.78, 5) is 19.0. The number of hydrogen-bond acceptors (Lipinski definition) is 6. The zero-order valence-corrected chi connectivity index (χ0v) is 15.1. The van der Waals surface area contributed by atoms with Gasteiger partial charge in [-0.15, -0.1) is 5.10 Å². The number of fused-ring (bicyclic) bond motifs is 1. The molecular weight excluding hydrogens is 344 g/mol. The van der Waals surface area contributed by atoms with E-state index in [0.717, 1.165) is 5.82 Å². The summed E-state index contributed by atoms with van der Waals surface area (Å²) in [5.41, 5.74) is 1.24. The monoisotopic (exact) mass is 364 g/mol. The van der Waals surface area contributed by atoms with Crippen LogP contribution in [0.3, 0.4) is 0 Å². The van der Waals surface area contributed by atoms with Crippen LogP contribution in [0.2, 0.25) is 0 Å². The third kappa shape index (κ3) is 3.24. The minimum atomic E-state index is -0.0732. The van der Waals surface area contributed by atoms with E-state index in [2.05, 4.69) is 21.2 Å². The molecule has 1 atom stereocenters. The van der Waals surface area contributed by atoms with Crippen molar-refractivity contribution in [2.24, 2.45) is 0 Å². The Morgan fingerprint density at radius 3 is 2.78 bits per heavy atom. The van der Waals surface area contributed by atoms with E-state index in [1.165, 1.54) is 0 Å². The molecular formula is C19H20N6O2. The summed E-state index contributed by atoms with van der Waals surface area (Å²) in [5, 5.41) is 17.1. The smallest absolute Gasteiger partial charge is 0.325 e. The number of benzene rings is 1. The largest absolute Gasteiger partial charge is 0.489 e. The van der Waals surface area contributed by atoms with E-state index in [0.29, 0.717) is 49.8 Å². The second kappa shape index (κ2) is 7.11. The average molecular weight is 364 g/mol. The lowest BCUT2D eigenvalue weighted by molar-refractivity contribution is 0.190. The SMILES string of the molecule is CC1COc2cc(C#N)ccc2N1C(=O)N1CCN(c2cccnn2)CC1. The zero-order chi connectivity index (χ0) is 18.8. The maximum atomic E-state index is 13.2. The van der Waals surface area contributed by atoms with Gasteiger partial charge in [0.2, 0.25) is 0 Å². The Bertz CT molecular complexity index is 874. The first-order valence-corrected chi connectivity index (χ1v) is 8.95. The van der Waals surface area contributed by atoms with Crippen molar-refractivity contribution in [2.75, 3.05) is 42.6 Å². The fourth-order valence-corrected chi connectivity index (χ4v) is 3.45. The summed E-state index contributed by atoms with van der Waals surface area (Å²) in [6, 6.07) is 11.0. The zero-order valence-electron chi connectivity index (χ0n) is 15.1. The molecule has 8 nitrogen and oxygen atoms in total. The number of nitrogens with zero attached hydrogens (tertiary/aromatic N) is 6. The molecule has 27 heavy (non-hydrogen) atoms. The van der Waals surface area contributed by atoms with Crippen molar-refractivity contribution in [1.82, 2.24) is 15.1 Å². The van der Waals surface area contributed by atoms with E-state index in [1.807, 2.05) is 24.0 Å². The molecule has 1 fully saturated rings. The predicted molar refractivity (Wildman–Crippen MR) is 99.8 cm³/mol. The van der Waals surface area contributed by atoms with Gasteiger partial charge in [0.25, 0.3) is 0 Å². The fourth-order valence-electron chi connectivity index (χ4n) is 3.45. The Labute approximate surface area is 157 Å². The Morgan fingerprint density at radius 2 is 2.07 bits per heavy atom.